The van der Waals surface area contributed by atoms with Gasteiger partial charge in [0.15, 0.2) is 17.5 Å². The first-order chi connectivity index (χ1) is 8.24. The summed E-state index contributed by atoms with van der Waals surface area (Å²) in [5.74, 6) is 2.03. The van der Waals surface area contributed by atoms with Gasteiger partial charge >= 0.3 is 0 Å². The molecule has 0 amide bonds. The van der Waals surface area contributed by atoms with E-state index >= 15 is 0 Å². The average molecular weight is 298 g/mol. The van der Waals surface area contributed by atoms with E-state index in [-0.39, 0.29) is 6.04 Å². The molecule has 0 fully saturated rings. The summed E-state index contributed by atoms with van der Waals surface area (Å²) in [6, 6.07) is 4.10. The van der Waals surface area contributed by atoms with Gasteiger partial charge in [0.2, 0.25) is 0 Å². The largest absolute Gasteiger partial charge is 0.486 e. The third kappa shape index (κ3) is 1.93. The fraction of sp³-hybridized carbons (Fsp3) is 0.364. The molecule has 0 aliphatic carbocycles. The van der Waals surface area contributed by atoms with E-state index in [9.17, 15) is 0 Å². The van der Waals surface area contributed by atoms with Crippen molar-refractivity contribution in [1.29, 1.82) is 0 Å². The van der Waals surface area contributed by atoms with E-state index in [1.54, 1.807) is 0 Å². The molecule has 6 heteroatoms. The van der Waals surface area contributed by atoms with Crippen LogP contribution in [0.2, 0.25) is 0 Å². The number of hydrogen-bond acceptors (Lipinski definition) is 5. The third-order valence-corrected chi connectivity index (χ3v) is 3.38. The van der Waals surface area contributed by atoms with E-state index < -0.39 is 0 Å². The normalized spacial score (nSPS) is 21.9. The predicted octanol–water partition coefficient (Wildman–Crippen LogP) is 1.18. The van der Waals surface area contributed by atoms with E-state index in [4.69, 9.17) is 15.2 Å². The number of hydrogen-bond donors (Lipinski definition) is 2. The van der Waals surface area contributed by atoms with Gasteiger partial charge in [-0.1, -0.05) is 0 Å². The molecule has 0 saturated heterocycles. The van der Waals surface area contributed by atoms with Crippen LogP contribution >= 0.6 is 15.9 Å². The van der Waals surface area contributed by atoms with Crippen molar-refractivity contribution in [2.45, 2.75) is 6.04 Å². The van der Waals surface area contributed by atoms with Crippen molar-refractivity contribution >= 4 is 21.9 Å². The lowest BCUT2D eigenvalue weighted by atomic mass is 10.1. The maximum atomic E-state index is 5.61. The highest BCUT2D eigenvalue weighted by Crippen LogP contribution is 2.40. The van der Waals surface area contributed by atoms with E-state index in [1.807, 2.05) is 12.1 Å². The number of ether oxygens (including phenoxy) is 2. The summed E-state index contributed by atoms with van der Waals surface area (Å²) in [5, 5.41) is 3.11. The van der Waals surface area contributed by atoms with Crippen molar-refractivity contribution in [2.75, 3.05) is 19.8 Å². The van der Waals surface area contributed by atoms with E-state index in [2.05, 4.69) is 26.2 Å². The van der Waals surface area contributed by atoms with Gasteiger partial charge in [0, 0.05) is 0 Å². The van der Waals surface area contributed by atoms with Gasteiger partial charge in [0.1, 0.15) is 13.2 Å². The highest BCUT2D eigenvalue weighted by atomic mass is 79.9. The van der Waals surface area contributed by atoms with E-state index in [0.29, 0.717) is 25.7 Å². The van der Waals surface area contributed by atoms with E-state index in [0.717, 1.165) is 21.5 Å². The number of nitrogens with two attached hydrogens (primary N) is 1. The highest BCUT2D eigenvalue weighted by Gasteiger charge is 2.22. The molecule has 5 nitrogen and oxygen atoms in total. The molecule has 0 radical (unpaired) electrons. The maximum Gasteiger partial charge on any atom is 0.189 e. The van der Waals surface area contributed by atoms with Crippen molar-refractivity contribution in [2.24, 2.45) is 10.7 Å². The average Bonchev–Trinajstić information content (AvgIpc) is 2.76. The molecule has 1 unspecified atom stereocenters. The molecule has 90 valence electrons. The lowest BCUT2D eigenvalue weighted by Gasteiger charge is -2.22. The Bertz CT molecular complexity index is 490. The minimum atomic E-state index is 0.113. The zero-order valence-electron chi connectivity index (χ0n) is 9.07. The van der Waals surface area contributed by atoms with Crippen molar-refractivity contribution in [3.05, 3.63) is 22.2 Å². The Morgan fingerprint density at radius 3 is 2.94 bits per heavy atom. The fourth-order valence-electron chi connectivity index (χ4n) is 1.98. The van der Waals surface area contributed by atoms with Gasteiger partial charge in [-0.05, 0) is 33.6 Å². The molecular weight excluding hydrogens is 286 g/mol. The van der Waals surface area contributed by atoms with Crippen molar-refractivity contribution in [3.63, 3.8) is 0 Å². The number of nitrogens with one attached hydrogen (secondary N) is 1. The van der Waals surface area contributed by atoms with Gasteiger partial charge < -0.3 is 20.5 Å². The number of fused-ring (bicyclic) bond motifs is 1. The van der Waals surface area contributed by atoms with Crippen LogP contribution in [0.3, 0.4) is 0 Å². The maximum absolute atomic E-state index is 5.61. The first-order valence-electron chi connectivity index (χ1n) is 5.39. The summed E-state index contributed by atoms with van der Waals surface area (Å²) in [4.78, 5) is 4.13. The Morgan fingerprint density at radius 1 is 1.35 bits per heavy atom. The van der Waals surface area contributed by atoms with Crippen LogP contribution in [0, 0.1) is 0 Å². The number of guanidine groups is 1. The number of nitrogens with zero attached hydrogens (tertiary/aromatic N) is 1. The number of rotatable bonds is 1. The minimum absolute atomic E-state index is 0.113. The van der Waals surface area contributed by atoms with E-state index in [1.165, 1.54) is 0 Å². The summed E-state index contributed by atoms with van der Waals surface area (Å²) in [6.07, 6.45) is 0. The second-order valence-electron chi connectivity index (χ2n) is 3.95. The Hall–Kier alpha value is -1.43. The van der Waals surface area contributed by atoms with Gasteiger partial charge in [0.05, 0.1) is 17.1 Å². The smallest absolute Gasteiger partial charge is 0.189 e. The summed E-state index contributed by atoms with van der Waals surface area (Å²) < 4.78 is 12.0. The minimum Gasteiger partial charge on any atom is -0.486 e. The molecule has 2 aliphatic heterocycles. The molecule has 3 N–H and O–H groups in total. The van der Waals surface area contributed by atoms with Crippen LogP contribution in [0.15, 0.2) is 21.6 Å². The number of benzene rings is 1. The van der Waals surface area contributed by atoms with Crippen molar-refractivity contribution in [3.8, 4) is 11.5 Å². The lowest BCUT2D eigenvalue weighted by Crippen LogP contribution is -2.29. The molecule has 0 saturated carbocycles. The SMILES string of the molecule is NC1=NCC(c2cc(Br)c3c(c2)OCCO3)N1. The zero-order chi connectivity index (χ0) is 11.8. The van der Waals surface area contributed by atoms with Crippen molar-refractivity contribution < 1.29 is 9.47 Å². The fourth-order valence-corrected chi connectivity index (χ4v) is 2.55. The molecule has 2 heterocycles. The molecule has 1 aromatic rings. The summed E-state index contributed by atoms with van der Waals surface area (Å²) >= 11 is 3.49. The number of aliphatic imine (C=N–C) groups is 1. The molecule has 3 rings (SSSR count). The Labute approximate surface area is 107 Å². The first kappa shape index (κ1) is 10.7. The van der Waals surface area contributed by atoms with Gasteiger partial charge in [-0.15, -0.1) is 0 Å². The zero-order valence-corrected chi connectivity index (χ0v) is 10.7. The molecule has 17 heavy (non-hydrogen) atoms. The second kappa shape index (κ2) is 4.10. The summed E-state index contributed by atoms with van der Waals surface area (Å²) in [5.41, 5.74) is 6.70. The molecule has 1 atom stereocenters. The van der Waals surface area contributed by atoms with Gasteiger partial charge in [-0.25, -0.2) is 0 Å². The third-order valence-electron chi connectivity index (χ3n) is 2.79. The van der Waals surface area contributed by atoms with Crippen LogP contribution in [-0.4, -0.2) is 25.7 Å². The topological polar surface area (TPSA) is 68.9 Å². The van der Waals surface area contributed by atoms with Gasteiger partial charge in [0.25, 0.3) is 0 Å². The van der Waals surface area contributed by atoms with Crippen LogP contribution < -0.4 is 20.5 Å². The van der Waals surface area contributed by atoms with Crippen LogP contribution in [0.4, 0.5) is 0 Å². The molecule has 0 aromatic heterocycles. The lowest BCUT2D eigenvalue weighted by molar-refractivity contribution is 0.170. The molecule has 0 bridgehead atoms. The quantitative estimate of drug-likeness (QED) is 0.817. The molecule has 0 spiro atoms. The van der Waals surface area contributed by atoms with Crippen LogP contribution in [-0.2, 0) is 0 Å². The van der Waals surface area contributed by atoms with Gasteiger partial charge in [-0.2, -0.15) is 0 Å². The van der Waals surface area contributed by atoms with Crippen LogP contribution in [0.1, 0.15) is 11.6 Å². The first-order valence-corrected chi connectivity index (χ1v) is 6.19. The Balaban J connectivity index is 1.94. The standard InChI is InChI=1S/C11H12BrN3O2/c12-7-3-6(8-5-14-11(13)15-8)4-9-10(7)17-2-1-16-9/h3-4,8H,1-2,5H2,(H3,13,14,15). The molecule has 2 aliphatic rings. The summed E-state index contributed by atoms with van der Waals surface area (Å²) in [6.45, 7) is 1.82. The Morgan fingerprint density at radius 2 is 2.18 bits per heavy atom. The van der Waals surface area contributed by atoms with Crippen molar-refractivity contribution in [1.82, 2.24) is 5.32 Å². The molecular formula is C11H12BrN3O2. The monoisotopic (exact) mass is 297 g/mol. The predicted molar refractivity (Wildman–Crippen MR) is 67.5 cm³/mol. The van der Waals surface area contributed by atoms with Crippen LogP contribution in [0.25, 0.3) is 0 Å². The Kier molecular flexibility index (Phi) is 2.58. The number of halogens is 1. The van der Waals surface area contributed by atoms with Gasteiger partial charge in [-0.3, -0.25) is 4.99 Å². The summed E-state index contributed by atoms with van der Waals surface area (Å²) in [7, 11) is 0. The second-order valence-corrected chi connectivity index (χ2v) is 4.80. The highest BCUT2D eigenvalue weighted by molar-refractivity contribution is 9.10. The van der Waals surface area contributed by atoms with Crippen LogP contribution in [0.5, 0.6) is 11.5 Å². The molecule has 1 aromatic carbocycles.